The van der Waals surface area contributed by atoms with E-state index in [-0.39, 0.29) is 0 Å². The second kappa shape index (κ2) is 4.92. The van der Waals surface area contributed by atoms with Gasteiger partial charge in [0.25, 0.3) is 0 Å². The fourth-order valence-electron chi connectivity index (χ4n) is 1.38. The van der Waals surface area contributed by atoms with Crippen molar-refractivity contribution in [1.82, 2.24) is 5.16 Å². The molecule has 0 bridgehead atoms. The van der Waals surface area contributed by atoms with E-state index in [2.05, 4.69) is 5.16 Å². The number of rotatable bonds is 5. The van der Waals surface area contributed by atoms with Gasteiger partial charge in [0, 0.05) is 0 Å². The van der Waals surface area contributed by atoms with E-state index in [1.54, 1.807) is 27.7 Å². The molecule has 0 aliphatic heterocycles. The van der Waals surface area contributed by atoms with Gasteiger partial charge < -0.3 is 13.6 Å². The molecular weight excluding hydrogens is 217 g/mol. The molecule has 0 amide bonds. The molecule has 0 radical (unpaired) electrons. The van der Waals surface area contributed by atoms with Crippen molar-refractivity contribution in [2.24, 2.45) is 0 Å². The molecule has 1 heterocycles. The van der Waals surface area contributed by atoms with Crippen LogP contribution in [-0.4, -0.2) is 18.4 Å². The Morgan fingerprint density at radius 2 is 1.80 bits per heavy atom. The molecule has 0 aliphatic carbocycles. The highest BCUT2D eigenvalue weighted by molar-refractivity contribution is 7.62. The molecule has 15 heavy (non-hydrogen) atoms. The molecule has 0 spiro atoms. The number of aryl methyl sites for hydroxylation is 2. The molecule has 0 aliphatic rings. The Balaban J connectivity index is 3.14. The summed E-state index contributed by atoms with van der Waals surface area (Å²) in [5.74, 6) is 0.484. The minimum absolute atomic E-state index is 0.321. The molecule has 5 nitrogen and oxygen atoms in total. The average molecular weight is 233 g/mol. The summed E-state index contributed by atoms with van der Waals surface area (Å²) in [6.07, 6.45) is 0. The van der Waals surface area contributed by atoms with Crippen LogP contribution in [0.1, 0.15) is 25.3 Å². The van der Waals surface area contributed by atoms with Gasteiger partial charge >= 0.3 is 7.60 Å². The monoisotopic (exact) mass is 233 g/mol. The standard InChI is InChI=1S/C9H16NO4P/c1-5-12-15(11,13-6-2)9-7(3)10-14-8(9)4/h5-6H2,1-4H3. The summed E-state index contributed by atoms with van der Waals surface area (Å²) in [6, 6.07) is 0. The maximum Gasteiger partial charge on any atom is 0.366 e. The summed E-state index contributed by atoms with van der Waals surface area (Å²) < 4.78 is 27.7. The Bertz CT molecular complexity index is 345. The lowest BCUT2D eigenvalue weighted by Crippen LogP contribution is -2.14. The van der Waals surface area contributed by atoms with Gasteiger partial charge in [-0.2, -0.15) is 0 Å². The molecule has 0 atom stereocenters. The predicted octanol–water partition coefficient (Wildman–Crippen LogP) is 2.18. The molecular formula is C9H16NO4P. The van der Waals surface area contributed by atoms with Crippen molar-refractivity contribution in [3.05, 3.63) is 11.5 Å². The van der Waals surface area contributed by atoms with Gasteiger partial charge in [-0.1, -0.05) is 5.16 Å². The van der Waals surface area contributed by atoms with Crippen molar-refractivity contribution in [3.8, 4) is 0 Å². The summed E-state index contributed by atoms with van der Waals surface area (Å²) in [7, 11) is -3.26. The van der Waals surface area contributed by atoms with Crippen LogP contribution in [0.15, 0.2) is 4.52 Å². The topological polar surface area (TPSA) is 61.6 Å². The van der Waals surface area contributed by atoms with Crippen LogP contribution in [0.2, 0.25) is 0 Å². The van der Waals surface area contributed by atoms with E-state index in [0.29, 0.717) is 30.0 Å². The highest BCUT2D eigenvalue weighted by atomic mass is 31.2. The Morgan fingerprint density at radius 1 is 1.27 bits per heavy atom. The molecule has 6 heteroatoms. The lowest BCUT2D eigenvalue weighted by molar-refractivity contribution is 0.229. The molecule has 1 aromatic rings. The van der Waals surface area contributed by atoms with Gasteiger partial charge in [-0.3, -0.25) is 4.57 Å². The van der Waals surface area contributed by atoms with Crippen molar-refractivity contribution in [2.45, 2.75) is 27.7 Å². The summed E-state index contributed by atoms with van der Waals surface area (Å²) in [6.45, 7) is 7.59. The zero-order valence-electron chi connectivity index (χ0n) is 9.44. The third-order valence-electron chi connectivity index (χ3n) is 1.87. The van der Waals surface area contributed by atoms with Crippen LogP contribution in [-0.2, 0) is 13.6 Å². The normalized spacial score (nSPS) is 12.0. The van der Waals surface area contributed by atoms with Gasteiger partial charge in [-0.05, 0) is 27.7 Å². The maximum atomic E-state index is 12.4. The van der Waals surface area contributed by atoms with E-state index in [9.17, 15) is 4.57 Å². The zero-order valence-corrected chi connectivity index (χ0v) is 10.3. The van der Waals surface area contributed by atoms with Crippen LogP contribution in [0, 0.1) is 13.8 Å². The molecule has 86 valence electrons. The van der Waals surface area contributed by atoms with E-state index in [0.717, 1.165) is 0 Å². The molecule has 1 aromatic heterocycles. The van der Waals surface area contributed by atoms with Gasteiger partial charge in [0.2, 0.25) is 0 Å². The fourth-order valence-corrected chi connectivity index (χ4v) is 3.25. The van der Waals surface area contributed by atoms with Gasteiger partial charge in [-0.25, -0.2) is 0 Å². The first-order valence-corrected chi connectivity index (χ1v) is 6.42. The Labute approximate surface area is 89.3 Å². The van der Waals surface area contributed by atoms with Crippen molar-refractivity contribution < 1.29 is 18.1 Å². The lowest BCUT2D eigenvalue weighted by atomic mass is 10.4. The smallest absolute Gasteiger partial charge is 0.360 e. The van der Waals surface area contributed by atoms with Crippen LogP contribution in [0.4, 0.5) is 0 Å². The first kappa shape index (κ1) is 12.4. The second-order valence-electron chi connectivity index (χ2n) is 3.01. The van der Waals surface area contributed by atoms with Gasteiger partial charge in [0.15, 0.2) is 0 Å². The van der Waals surface area contributed by atoms with Crippen LogP contribution in [0.5, 0.6) is 0 Å². The number of aromatic nitrogens is 1. The minimum Gasteiger partial charge on any atom is -0.360 e. The third kappa shape index (κ3) is 2.48. The lowest BCUT2D eigenvalue weighted by Gasteiger charge is -2.16. The number of nitrogens with zero attached hydrogens (tertiary/aromatic N) is 1. The van der Waals surface area contributed by atoms with Crippen molar-refractivity contribution in [2.75, 3.05) is 13.2 Å². The Morgan fingerprint density at radius 3 is 2.13 bits per heavy atom. The molecule has 0 N–H and O–H groups in total. The quantitative estimate of drug-likeness (QED) is 0.729. The van der Waals surface area contributed by atoms with E-state index >= 15 is 0 Å². The summed E-state index contributed by atoms with van der Waals surface area (Å²) >= 11 is 0. The van der Waals surface area contributed by atoms with Gasteiger partial charge in [0.05, 0.1) is 18.9 Å². The van der Waals surface area contributed by atoms with Crippen LogP contribution >= 0.6 is 7.60 Å². The van der Waals surface area contributed by atoms with Crippen molar-refractivity contribution in [1.29, 1.82) is 0 Å². The van der Waals surface area contributed by atoms with Crippen LogP contribution in [0.3, 0.4) is 0 Å². The molecule has 0 saturated carbocycles. The molecule has 0 unspecified atom stereocenters. The number of hydrogen-bond donors (Lipinski definition) is 0. The summed E-state index contributed by atoms with van der Waals surface area (Å²) in [5, 5.41) is 4.19. The number of hydrogen-bond acceptors (Lipinski definition) is 5. The Hall–Kier alpha value is -0.640. The van der Waals surface area contributed by atoms with Crippen molar-refractivity contribution >= 4 is 12.9 Å². The Kier molecular flexibility index (Phi) is 4.08. The SMILES string of the molecule is CCOP(=O)(OCC)c1c(C)noc1C. The summed E-state index contributed by atoms with van der Waals surface area (Å²) in [4.78, 5) is 0. The van der Waals surface area contributed by atoms with Crippen molar-refractivity contribution in [3.63, 3.8) is 0 Å². The second-order valence-corrected chi connectivity index (χ2v) is 4.96. The first-order chi connectivity index (χ1) is 7.05. The molecule has 0 fully saturated rings. The van der Waals surface area contributed by atoms with Crippen LogP contribution in [0.25, 0.3) is 0 Å². The van der Waals surface area contributed by atoms with E-state index < -0.39 is 7.60 Å². The van der Waals surface area contributed by atoms with Crippen LogP contribution < -0.4 is 5.30 Å². The maximum absolute atomic E-state index is 12.4. The first-order valence-electron chi connectivity index (χ1n) is 4.87. The largest absolute Gasteiger partial charge is 0.366 e. The molecule has 0 saturated heterocycles. The highest BCUT2D eigenvalue weighted by Crippen LogP contribution is 2.48. The fraction of sp³-hybridized carbons (Fsp3) is 0.667. The average Bonchev–Trinajstić information content (AvgIpc) is 2.47. The van der Waals surface area contributed by atoms with E-state index in [1.807, 2.05) is 0 Å². The van der Waals surface area contributed by atoms with Gasteiger partial charge in [-0.15, -0.1) is 0 Å². The summed E-state index contributed by atoms with van der Waals surface area (Å²) in [5.41, 5.74) is 0.553. The highest BCUT2D eigenvalue weighted by Gasteiger charge is 2.33. The van der Waals surface area contributed by atoms with Gasteiger partial charge in [0.1, 0.15) is 11.1 Å². The molecule has 1 rings (SSSR count). The minimum atomic E-state index is -3.26. The molecule has 0 aromatic carbocycles. The third-order valence-corrected chi connectivity index (χ3v) is 4.25. The van der Waals surface area contributed by atoms with E-state index in [4.69, 9.17) is 13.6 Å². The zero-order chi connectivity index (χ0) is 11.5. The predicted molar refractivity (Wildman–Crippen MR) is 56.5 cm³/mol. The van der Waals surface area contributed by atoms with E-state index in [1.165, 1.54) is 0 Å².